The molecule has 0 aliphatic heterocycles. The molecule has 0 bridgehead atoms. The Bertz CT molecular complexity index is 571. The smallest absolute Gasteiger partial charge is 0.0426 e. The molecule has 3 heteroatoms. The van der Waals surface area contributed by atoms with Crippen LogP contribution >= 0.6 is 11.3 Å². The van der Waals surface area contributed by atoms with Crippen LogP contribution in [-0.4, -0.2) is 4.98 Å². The minimum atomic E-state index is 0.325. The molecule has 0 aliphatic rings. The van der Waals surface area contributed by atoms with Crippen LogP contribution in [0.5, 0.6) is 0 Å². The molecule has 2 aromatic heterocycles. The fraction of sp³-hybridized carbons (Fsp3) is 0.471. The highest BCUT2D eigenvalue weighted by molar-refractivity contribution is 7.12. The second-order valence-corrected chi connectivity index (χ2v) is 6.97. The summed E-state index contributed by atoms with van der Waals surface area (Å²) in [5.41, 5.74) is 6.29. The van der Waals surface area contributed by atoms with E-state index in [-0.39, 0.29) is 0 Å². The third-order valence-corrected chi connectivity index (χ3v) is 4.97. The summed E-state index contributed by atoms with van der Waals surface area (Å²) in [5.74, 6) is 0. The molecule has 2 aromatic rings. The van der Waals surface area contributed by atoms with Gasteiger partial charge >= 0.3 is 0 Å². The molecular weight excluding hydrogens is 264 g/mol. The number of nitrogens with one attached hydrogen (secondary N) is 1. The van der Waals surface area contributed by atoms with Crippen molar-refractivity contribution in [3.8, 4) is 0 Å². The number of aromatic nitrogens is 1. The van der Waals surface area contributed by atoms with Crippen LogP contribution in [0, 0.1) is 34.6 Å². The molecule has 2 nitrogen and oxygen atoms in total. The predicted molar refractivity (Wildman–Crippen MR) is 87.5 cm³/mol. The number of nitrogens with zero attached hydrogens (tertiary/aromatic N) is 1. The third kappa shape index (κ3) is 3.28. The van der Waals surface area contributed by atoms with E-state index in [1.54, 1.807) is 0 Å². The molecule has 0 saturated carbocycles. The van der Waals surface area contributed by atoms with E-state index in [0.717, 1.165) is 17.9 Å². The van der Waals surface area contributed by atoms with Gasteiger partial charge in [0.2, 0.25) is 0 Å². The van der Waals surface area contributed by atoms with E-state index in [2.05, 4.69) is 64.0 Å². The summed E-state index contributed by atoms with van der Waals surface area (Å²) >= 11 is 1.88. The highest BCUT2D eigenvalue weighted by Gasteiger charge is 2.13. The second-order valence-electron chi connectivity index (χ2n) is 5.63. The average molecular weight is 288 g/mol. The molecule has 108 valence electrons. The highest BCUT2D eigenvalue weighted by Crippen LogP contribution is 2.24. The second kappa shape index (κ2) is 6.06. The standard InChI is InChI=1S/C17H24N2S/c1-10-8-16(20-15(10)6)9-18-13(4)17-11(2)7-12(3)19-14(17)5/h7-8,13,18H,9H2,1-6H3. The van der Waals surface area contributed by atoms with Crippen molar-refractivity contribution in [3.05, 3.63) is 50.0 Å². The first-order chi connectivity index (χ1) is 9.38. The highest BCUT2D eigenvalue weighted by atomic mass is 32.1. The zero-order chi connectivity index (χ0) is 14.9. The fourth-order valence-electron chi connectivity index (χ4n) is 2.78. The Morgan fingerprint density at radius 2 is 1.80 bits per heavy atom. The van der Waals surface area contributed by atoms with Crippen molar-refractivity contribution in [1.29, 1.82) is 0 Å². The lowest BCUT2D eigenvalue weighted by Gasteiger charge is -2.18. The van der Waals surface area contributed by atoms with Gasteiger partial charge in [-0.15, -0.1) is 11.3 Å². The predicted octanol–water partition coefficient (Wildman–Crippen LogP) is 4.54. The van der Waals surface area contributed by atoms with Gasteiger partial charge in [0.25, 0.3) is 0 Å². The lowest BCUT2D eigenvalue weighted by molar-refractivity contribution is 0.570. The molecule has 2 heterocycles. The van der Waals surface area contributed by atoms with E-state index >= 15 is 0 Å². The normalized spacial score (nSPS) is 12.7. The first-order valence-corrected chi connectivity index (χ1v) is 7.94. The van der Waals surface area contributed by atoms with Gasteiger partial charge in [-0.1, -0.05) is 0 Å². The van der Waals surface area contributed by atoms with Gasteiger partial charge in [0.15, 0.2) is 0 Å². The van der Waals surface area contributed by atoms with Crippen molar-refractivity contribution in [2.24, 2.45) is 0 Å². The van der Waals surface area contributed by atoms with Crippen molar-refractivity contribution >= 4 is 11.3 Å². The molecule has 0 spiro atoms. The zero-order valence-electron chi connectivity index (χ0n) is 13.3. The third-order valence-electron chi connectivity index (χ3n) is 3.82. The minimum Gasteiger partial charge on any atom is -0.305 e. The number of thiophene rings is 1. The topological polar surface area (TPSA) is 24.9 Å². The SMILES string of the molecule is Cc1cc(C)c(C(C)NCc2cc(C)c(C)s2)c(C)n1. The number of aryl methyl sites for hydroxylation is 5. The summed E-state index contributed by atoms with van der Waals surface area (Å²) in [6.45, 7) is 13.8. The van der Waals surface area contributed by atoms with Crippen molar-refractivity contribution < 1.29 is 0 Å². The molecule has 0 fully saturated rings. The van der Waals surface area contributed by atoms with E-state index in [9.17, 15) is 0 Å². The van der Waals surface area contributed by atoms with E-state index in [1.165, 1.54) is 26.4 Å². The van der Waals surface area contributed by atoms with Crippen molar-refractivity contribution in [2.75, 3.05) is 0 Å². The number of hydrogen-bond acceptors (Lipinski definition) is 3. The molecular formula is C17H24N2S. The molecule has 20 heavy (non-hydrogen) atoms. The largest absolute Gasteiger partial charge is 0.305 e. The van der Waals surface area contributed by atoms with Gasteiger partial charge in [-0.25, -0.2) is 0 Å². The van der Waals surface area contributed by atoms with Crippen molar-refractivity contribution in [2.45, 2.75) is 54.1 Å². The summed E-state index contributed by atoms with van der Waals surface area (Å²) in [6, 6.07) is 4.78. The van der Waals surface area contributed by atoms with Crippen LogP contribution in [0.3, 0.4) is 0 Å². The van der Waals surface area contributed by atoms with Crippen LogP contribution in [0.2, 0.25) is 0 Å². The maximum absolute atomic E-state index is 4.59. The van der Waals surface area contributed by atoms with Crippen LogP contribution in [0.15, 0.2) is 12.1 Å². The van der Waals surface area contributed by atoms with E-state index < -0.39 is 0 Å². The van der Waals surface area contributed by atoms with Gasteiger partial charge in [-0.2, -0.15) is 0 Å². The zero-order valence-corrected chi connectivity index (χ0v) is 14.1. The maximum atomic E-state index is 4.59. The Morgan fingerprint density at radius 3 is 2.35 bits per heavy atom. The molecule has 1 unspecified atom stereocenters. The van der Waals surface area contributed by atoms with E-state index in [4.69, 9.17) is 0 Å². The average Bonchev–Trinajstić information content (AvgIpc) is 2.65. The summed E-state index contributed by atoms with van der Waals surface area (Å²) in [4.78, 5) is 7.41. The summed E-state index contributed by atoms with van der Waals surface area (Å²) in [6.07, 6.45) is 0. The van der Waals surface area contributed by atoms with Crippen LogP contribution in [0.4, 0.5) is 0 Å². The molecule has 0 saturated heterocycles. The van der Waals surface area contributed by atoms with Crippen LogP contribution < -0.4 is 5.32 Å². The lowest BCUT2D eigenvalue weighted by Crippen LogP contribution is -2.20. The molecule has 2 rings (SSSR count). The summed E-state index contributed by atoms with van der Waals surface area (Å²) in [7, 11) is 0. The molecule has 0 aromatic carbocycles. The van der Waals surface area contributed by atoms with Gasteiger partial charge in [0.05, 0.1) is 0 Å². The first-order valence-electron chi connectivity index (χ1n) is 7.12. The molecule has 0 aliphatic carbocycles. The maximum Gasteiger partial charge on any atom is 0.0426 e. The Morgan fingerprint density at radius 1 is 1.10 bits per heavy atom. The number of hydrogen-bond donors (Lipinski definition) is 1. The summed E-state index contributed by atoms with van der Waals surface area (Å²) in [5, 5.41) is 3.63. The Hall–Kier alpha value is -1.19. The Kier molecular flexibility index (Phi) is 4.61. The van der Waals surface area contributed by atoms with Crippen molar-refractivity contribution in [3.63, 3.8) is 0 Å². The first kappa shape index (κ1) is 15.2. The number of pyridine rings is 1. The van der Waals surface area contributed by atoms with Crippen LogP contribution in [0.25, 0.3) is 0 Å². The van der Waals surface area contributed by atoms with Gasteiger partial charge < -0.3 is 5.32 Å². The Labute approximate surface area is 126 Å². The molecule has 0 amide bonds. The molecule has 1 atom stereocenters. The molecule has 0 radical (unpaired) electrons. The van der Waals surface area contributed by atoms with Crippen LogP contribution in [0.1, 0.15) is 50.8 Å². The minimum absolute atomic E-state index is 0.325. The van der Waals surface area contributed by atoms with Gasteiger partial charge in [0.1, 0.15) is 0 Å². The summed E-state index contributed by atoms with van der Waals surface area (Å²) < 4.78 is 0. The lowest BCUT2D eigenvalue weighted by atomic mass is 10.0. The number of rotatable bonds is 4. The fourth-order valence-corrected chi connectivity index (χ4v) is 3.79. The van der Waals surface area contributed by atoms with E-state index in [0.29, 0.717) is 6.04 Å². The van der Waals surface area contributed by atoms with Gasteiger partial charge in [-0.05, 0) is 70.4 Å². The van der Waals surface area contributed by atoms with Gasteiger partial charge in [0, 0.05) is 33.7 Å². The van der Waals surface area contributed by atoms with Crippen molar-refractivity contribution in [1.82, 2.24) is 10.3 Å². The quantitative estimate of drug-likeness (QED) is 0.893. The Balaban J connectivity index is 2.10. The van der Waals surface area contributed by atoms with Gasteiger partial charge in [-0.3, -0.25) is 4.98 Å². The molecule has 1 N–H and O–H groups in total. The monoisotopic (exact) mass is 288 g/mol. The van der Waals surface area contributed by atoms with Crippen LogP contribution in [-0.2, 0) is 6.54 Å². The van der Waals surface area contributed by atoms with E-state index in [1.807, 2.05) is 11.3 Å².